The number of ether oxygens (including phenoxy) is 1. The maximum atomic E-state index is 13.2. The van der Waals surface area contributed by atoms with Crippen molar-refractivity contribution < 1.29 is 9.53 Å². The number of aromatic nitrogens is 1. The van der Waals surface area contributed by atoms with Crippen LogP contribution in [0.25, 0.3) is 0 Å². The molecular weight excluding hydrogens is 436 g/mol. The van der Waals surface area contributed by atoms with Crippen LogP contribution in [0.2, 0.25) is 0 Å². The first-order chi connectivity index (χ1) is 17.2. The van der Waals surface area contributed by atoms with E-state index in [9.17, 15) is 4.79 Å². The number of carbonyl (C=O) groups excluding carboxylic acids is 1. The molecule has 2 aliphatic heterocycles. The fourth-order valence-electron chi connectivity index (χ4n) is 5.00. The van der Waals surface area contributed by atoms with E-state index in [4.69, 9.17) is 4.74 Å². The molecule has 1 atom stereocenters. The maximum Gasteiger partial charge on any atom is 0.240 e. The molecule has 35 heavy (non-hydrogen) atoms. The van der Waals surface area contributed by atoms with Gasteiger partial charge in [-0.15, -0.1) is 0 Å². The van der Waals surface area contributed by atoms with Crippen molar-refractivity contribution in [3.63, 3.8) is 0 Å². The highest BCUT2D eigenvalue weighted by molar-refractivity contribution is 5.84. The summed E-state index contributed by atoms with van der Waals surface area (Å²) in [5, 5.41) is 0. The Labute approximate surface area is 208 Å². The number of carbonyl (C=O) groups is 1. The van der Waals surface area contributed by atoms with Crippen LogP contribution in [0.15, 0.2) is 72.9 Å². The third-order valence-electron chi connectivity index (χ3n) is 7.03. The molecule has 2 fully saturated rings. The zero-order valence-electron chi connectivity index (χ0n) is 20.5. The number of benzene rings is 2. The van der Waals surface area contributed by atoms with Crippen molar-refractivity contribution in [3.05, 3.63) is 89.6 Å². The Bertz CT molecular complexity index is 1100. The van der Waals surface area contributed by atoms with E-state index < -0.39 is 0 Å². The molecule has 6 nitrogen and oxygen atoms in total. The van der Waals surface area contributed by atoms with Crippen LogP contribution >= 0.6 is 0 Å². The molecule has 5 rings (SSSR count). The highest BCUT2D eigenvalue weighted by Gasteiger charge is 2.36. The fraction of sp³-hybridized carbons (Fsp3) is 0.379. The average Bonchev–Trinajstić information content (AvgIpc) is 3.09. The van der Waals surface area contributed by atoms with Crippen molar-refractivity contribution >= 4 is 11.7 Å². The number of amides is 1. The maximum absolute atomic E-state index is 13.2. The van der Waals surface area contributed by atoms with Gasteiger partial charge in [0.1, 0.15) is 18.2 Å². The monoisotopic (exact) mass is 470 g/mol. The second-order valence-corrected chi connectivity index (χ2v) is 9.55. The molecule has 2 aromatic carbocycles. The molecule has 1 aromatic heterocycles. The number of aryl methyl sites for hydroxylation is 1. The Morgan fingerprint density at radius 2 is 1.71 bits per heavy atom. The minimum atomic E-state index is 0.00196. The molecular formula is C29H34N4O2. The fourth-order valence-corrected chi connectivity index (χ4v) is 5.00. The number of pyridine rings is 1. The van der Waals surface area contributed by atoms with E-state index in [-0.39, 0.29) is 11.9 Å². The van der Waals surface area contributed by atoms with Gasteiger partial charge in [0, 0.05) is 39.3 Å². The zero-order valence-corrected chi connectivity index (χ0v) is 20.5. The first-order valence-electron chi connectivity index (χ1n) is 12.6. The molecule has 182 valence electrons. The van der Waals surface area contributed by atoms with Gasteiger partial charge in [-0.05, 0) is 43.0 Å². The Morgan fingerprint density at radius 3 is 2.49 bits per heavy atom. The van der Waals surface area contributed by atoms with Crippen LogP contribution in [-0.4, -0.2) is 59.5 Å². The van der Waals surface area contributed by atoms with Crippen molar-refractivity contribution in [1.29, 1.82) is 0 Å². The molecule has 0 bridgehead atoms. The predicted molar refractivity (Wildman–Crippen MR) is 138 cm³/mol. The number of hydrogen-bond donors (Lipinski definition) is 0. The second kappa shape index (κ2) is 10.9. The highest BCUT2D eigenvalue weighted by atomic mass is 16.5. The van der Waals surface area contributed by atoms with Crippen LogP contribution in [0.1, 0.15) is 29.5 Å². The molecule has 3 aromatic rings. The lowest BCUT2D eigenvalue weighted by Crippen LogP contribution is -2.43. The van der Waals surface area contributed by atoms with Crippen molar-refractivity contribution in [2.24, 2.45) is 0 Å². The van der Waals surface area contributed by atoms with Crippen molar-refractivity contribution in [2.75, 3.05) is 37.6 Å². The standard InChI is InChI=1S/C29H34N4O2/c1-23-8-10-24(11-9-23)21-33-17-14-27(29(33)34)31-15-5-16-32(19-18-31)28-13-12-26(20-30-28)35-22-25-6-3-2-4-7-25/h2-4,6-13,20,27H,5,14-19,21-22H2,1H3. The normalized spacial score (nSPS) is 19.1. The van der Waals surface area contributed by atoms with Gasteiger partial charge in [0.2, 0.25) is 5.91 Å². The molecule has 1 unspecified atom stereocenters. The van der Waals surface area contributed by atoms with Gasteiger partial charge in [-0.25, -0.2) is 4.98 Å². The van der Waals surface area contributed by atoms with E-state index in [0.29, 0.717) is 13.2 Å². The third-order valence-corrected chi connectivity index (χ3v) is 7.03. The minimum absolute atomic E-state index is 0.00196. The molecule has 2 saturated heterocycles. The van der Waals surface area contributed by atoms with E-state index in [1.54, 1.807) is 0 Å². The van der Waals surface area contributed by atoms with Gasteiger partial charge in [-0.1, -0.05) is 60.2 Å². The van der Waals surface area contributed by atoms with E-state index >= 15 is 0 Å². The molecule has 0 saturated carbocycles. The van der Waals surface area contributed by atoms with Crippen LogP contribution in [0, 0.1) is 6.92 Å². The van der Waals surface area contributed by atoms with E-state index in [1.807, 2.05) is 41.4 Å². The first kappa shape index (κ1) is 23.4. The lowest BCUT2D eigenvalue weighted by molar-refractivity contribution is -0.132. The number of hydrogen-bond acceptors (Lipinski definition) is 5. The van der Waals surface area contributed by atoms with Gasteiger partial charge in [-0.2, -0.15) is 0 Å². The molecule has 3 heterocycles. The van der Waals surface area contributed by atoms with E-state index in [1.165, 1.54) is 11.1 Å². The van der Waals surface area contributed by atoms with Gasteiger partial charge in [0.25, 0.3) is 0 Å². The van der Waals surface area contributed by atoms with Gasteiger partial charge < -0.3 is 14.5 Å². The summed E-state index contributed by atoms with van der Waals surface area (Å²) >= 11 is 0. The number of likely N-dealkylation sites (tertiary alicyclic amines) is 1. The molecule has 1 amide bonds. The number of nitrogens with zero attached hydrogens (tertiary/aromatic N) is 4. The van der Waals surface area contributed by atoms with Crippen molar-refractivity contribution in [3.8, 4) is 5.75 Å². The lowest BCUT2D eigenvalue weighted by Gasteiger charge is -2.27. The molecule has 0 aliphatic carbocycles. The summed E-state index contributed by atoms with van der Waals surface area (Å²) in [6.07, 6.45) is 3.75. The van der Waals surface area contributed by atoms with Crippen LogP contribution in [0.3, 0.4) is 0 Å². The summed E-state index contributed by atoms with van der Waals surface area (Å²) < 4.78 is 5.88. The summed E-state index contributed by atoms with van der Waals surface area (Å²) in [6.45, 7) is 7.82. The van der Waals surface area contributed by atoms with E-state index in [0.717, 1.165) is 62.7 Å². The van der Waals surface area contributed by atoms with Crippen molar-refractivity contribution in [1.82, 2.24) is 14.8 Å². The second-order valence-electron chi connectivity index (χ2n) is 9.55. The van der Waals surface area contributed by atoms with Crippen molar-refractivity contribution in [2.45, 2.75) is 39.0 Å². The first-order valence-corrected chi connectivity index (χ1v) is 12.6. The van der Waals surface area contributed by atoms with Crippen LogP contribution in [0.5, 0.6) is 5.75 Å². The Morgan fingerprint density at radius 1 is 0.886 bits per heavy atom. The van der Waals surface area contributed by atoms with Gasteiger partial charge in [0.05, 0.1) is 12.2 Å². The predicted octanol–water partition coefficient (Wildman–Crippen LogP) is 4.28. The van der Waals surface area contributed by atoms with E-state index in [2.05, 4.69) is 58.1 Å². The molecule has 0 radical (unpaired) electrons. The average molecular weight is 471 g/mol. The smallest absolute Gasteiger partial charge is 0.240 e. The Hall–Kier alpha value is -3.38. The van der Waals surface area contributed by atoms with Gasteiger partial charge in [-0.3, -0.25) is 9.69 Å². The Kier molecular flexibility index (Phi) is 7.28. The quantitative estimate of drug-likeness (QED) is 0.516. The zero-order chi connectivity index (χ0) is 24.0. The lowest BCUT2D eigenvalue weighted by atomic mass is 10.1. The van der Waals surface area contributed by atoms with Crippen LogP contribution in [0.4, 0.5) is 5.82 Å². The number of rotatable bonds is 7. The molecule has 0 N–H and O–H groups in total. The molecule has 2 aliphatic rings. The Balaban J connectivity index is 1.13. The van der Waals surface area contributed by atoms with Gasteiger partial charge >= 0.3 is 0 Å². The summed E-state index contributed by atoms with van der Waals surface area (Å²) in [4.78, 5) is 24.6. The van der Waals surface area contributed by atoms with Crippen LogP contribution in [-0.2, 0) is 17.9 Å². The highest BCUT2D eigenvalue weighted by Crippen LogP contribution is 2.23. The van der Waals surface area contributed by atoms with Gasteiger partial charge in [0.15, 0.2) is 0 Å². The summed E-state index contributed by atoms with van der Waals surface area (Å²) in [7, 11) is 0. The SMILES string of the molecule is Cc1ccc(CN2CCC(N3CCCN(c4ccc(OCc5ccccc5)cn4)CC3)C2=O)cc1. The summed E-state index contributed by atoms with van der Waals surface area (Å²) in [6, 6.07) is 22.7. The molecule has 6 heteroatoms. The third kappa shape index (κ3) is 5.82. The largest absolute Gasteiger partial charge is 0.487 e. The summed E-state index contributed by atoms with van der Waals surface area (Å²) in [5.74, 6) is 2.02. The topological polar surface area (TPSA) is 48.9 Å². The summed E-state index contributed by atoms with van der Waals surface area (Å²) in [5.41, 5.74) is 3.59. The van der Waals surface area contributed by atoms with Crippen LogP contribution < -0.4 is 9.64 Å². The number of anilines is 1. The minimum Gasteiger partial charge on any atom is -0.487 e. The molecule has 0 spiro atoms.